The van der Waals surface area contributed by atoms with Crippen molar-refractivity contribution >= 4 is 11.7 Å². The van der Waals surface area contributed by atoms with Crippen molar-refractivity contribution in [3.05, 3.63) is 100 Å². The number of halogens is 1. The van der Waals surface area contributed by atoms with Crippen LogP contribution in [0.15, 0.2) is 65.1 Å². The fraction of sp³-hybridized carbons (Fsp3) is 0.200. The quantitative estimate of drug-likeness (QED) is 0.423. The molecule has 0 aliphatic rings. The molecule has 0 atom stereocenters. The Morgan fingerprint density at radius 3 is 2.72 bits per heavy atom. The molecule has 0 spiro atoms. The van der Waals surface area contributed by atoms with Gasteiger partial charge in [0, 0.05) is 17.3 Å². The van der Waals surface area contributed by atoms with Gasteiger partial charge in [0.25, 0.3) is 5.91 Å². The van der Waals surface area contributed by atoms with E-state index in [0.29, 0.717) is 17.1 Å². The Kier molecular flexibility index (Phi) is 6.07. The first kappa shape index (κ1) is 21.4. The maximum absolute atomic E-state index is 13.9. The average Bonchev–Trinajstić information content (AvgIpc) is 3.37. The minimum atomic E-state index is -0.418. The van der Waals surface area contributed by atoms with Gasteiger partial charge in [0.15, 0.2) is 11.6 Å². The van der Waals surface area contributed by atoms with Crippen LogP contribution < -0.4 is 10.1 Å². The number of amides is 1. The second-order valence-corrected chi connectivity index (χ2v) is 7.70. The van der Waals surface area contributed by atoms with E-state index >= 15 is 0 Å². The predicted octanol–water partition coefficient (Wildman–Crippen LogP) is 5.42. The van der Waals surface area contributed by atoms with E-state index in [0.717, 1.165) is 22.6 Å². The number of carbonyl (C=O) groups is 1. The second-order valence-electron chi connectivity index (χ2n) is 7.70. The number of rotatable bonds is 7. The number of anilines is 1. The van der Waals surface area contributed by atoms with Gasteiger partial charge in [-0.2, -0.15) is 5.10 Å². The van der Waals surface area contributed by atoms with Crippen LogP contribution in [0.3, 0.4) is 0 Å². The number of furan rings is 1. The molecule has 164 valence electrons. The van der Waals surface area contributed by atoms with Gasteiger partial charge in [0.2, 0.25) is 0 Å². The summed E-state index contributed by atoms with van der Waals surface area (Å²) >= 11 is 0. The third-order valence-corrected chi connectivity index (χ3v) is 5.10. The van der Waals surface area contributed by atoms with Crippen LogP contribution in [0.25, 0.3) is 0 Å². The maximum atomic E-state index is 13.9. The molecular weight excluding hydrogens is 409 g/mol. The molecule has 1 N–H and O–H groups in total. The maximum Gasteiger partial charge on any atom is 0.292 e. The van der Waals surface area contributed by atoms with E-state index in [4.69, 9.17) is 9.15 Å². The van der Waals surface area contributed by atoms with Crippen LogP contribution in [0.4, 0.5) is 10.2 Å². The molecular formula is C25H24FN3O3. The number of carbonyl (C=O) groups excluding carboxylic acids is 1. The summed E-state index contributed by atoms with van der Waals surface area (Å²) in [6, 6.07) is 17.6. The Labute approximate surface area is 185 Å². The molecule has 0 unspecified atom stereocenters. The van der Waals surface area contributed by atoms with Crippen molar-refractivity contribution < 1.29 is 18.3 Å². The molecule has 0 saturated carbocycles. The Morgan fingerprint density at radius 2 is 1.91 bits per heavy atom. The van der Waals surface area contributed by atoms with E-state index in [-0.39, 0.29) is 24.7 Å². The van der Waals surface area contributed by atoms with E-state index in [1.807, 2.05) is 39.0 Å². The van der Waals surface area contributed by atoms with Crippen molar-refractivity contribution in [2.24, 2.45) is 0 Å². The van der Waals surface area contributed by atoms with Gasteiger partial charge in [-0.3, -0.25) is 9.48 Å². The van der Waals surface area contributed by atoms with Crippen LogP contribution in [0.2, 0.25) is 0 Å². The van der Waals surface area contributed by atoms with Crippen molar-refractivity contribution in [1.82, 2.24) is 9.78 Å². The standard InChI is InChI=1S/C25H24FN3O3/c1-16-8-9-17(2)23(12-16)31-15-20-10-11-22(32-20)25(30)27-24-13-18(3)29(28-24)14-19-6-4-5-7-21(19)26/h4-13H,14-15H2,1-3H3,(H,27,28,30). The Balaban J connectivity index is 1.39. The molecule has 32 heavy (non-hydrogen) atoms. The smallest absolute Gasteiger partial charge is 0.292 e. The summed E-state index contributed by atoms with van der Waals surface area (Å²) < 4.78 is 27.0. The predicted molar refractivity (Wildman–Crippen MR) is 119 cm³/mol. The second kappa shape index (κ2) is 9.09. The molecule has 0 aliphatic carbocycles. The first-order valence-electron chi connectivity index (χ1n) is 10.3. The lowest BCUT2D eigenvalue weighted by Crippen LogP contribution is -2.12. The van der Waals surface area contributed by atoms with Crippen LogP contribution >= 0.6 is 0 Å². The average molecular weight is 433 g/mol. The van der Waals surface area contributed by atoms with E-state index in [9.17, 15) is 9.18 Å². The zero-order valence-electron chi connectivity index (χ0n) is 18.2. The van der Waals surface area contributed by atoms with Crippen LogP contribution in [-0.2, 0) is 13.2 Å². The number of nitrogens with zero attached hydrogens (tertiary/aromatic N) is 2. The number of benzene rings is 2. The summed E-state index contributed by atoms with van der Waals surface area (Å²) in [7, 11) is 0. The van der Waals surface area contributed by atoms with Gasteiger partial charge in [-0.05, 0) is 56.2 Å². The lowest BCUT2D eigenvalue weighted by Gasteiger charge is -2.08. The molecule has 2 aromatic carbocycles. The number of nitrogens with one attached hydrogen (secondary N) is 1. The molecule has 7 heteroatoms. The molecule has 0 radical (unpaired) electrons. The molecule has 4 aromatic rings. The molecule has 1 amide bonds. The lowest BCUT2D eigenvalue weighted by molar-refractivity contribution is 0.0992. The number of hydrogen-bond donors (Lipinski definition) is 1. The molecule has 6 nitrogen and oxygen atoms in total. The summed E-state index contributed by atoms with van der Waals surface area (Å²) in [5.41, 5.74) is 3.46. The van der Waals surface area contributed by atoms with E-state index in [1.165, 1.54) is 6.07 Å². The summed E-state index contributed by atoms with van der Waals surface area (Å²) in [4.78, 5) is 12.6. The van der Waals surface area contributed by atoms with Crippen LogP contribution in [-0.4, -0.2) is 15.7 Å². The highest BCUT2D eigenvalue weighted by Gasteiger charge is 2.15. The SMILES string of the molecule is Cc1ccc(C)c(OCc2ccc(C(=O)Nc3cc(C)n(Cc4ccccc4F)n3)o2)c1. The van der Waals surface area contributed by atoms with Crippen molar-refractivity contribution in [2.45, 2.75) is 33.9 Å². The first-order chi connectivity index (χ1) is 15.4. The molecule has 0 fully saturated rings. The third-order valence-electron chi connectivity index (χ3n) is 5.10. The Morgan fingerprint density at radius 1 is 1.09 bits per heavy atom. The van der Waals surface area contributed by atoms with Gasteiger partial charge in [-0.15, -0.1) is 0 Å². The largest absolute Gasteiger partial charge is 0.485 e. The van der Waals surface area contributed by atoms with Crippen molar-refractivity contribution in [3.63, 3.8) is 0 Å². The highest BCUT2D eigenvalue weighted by atomic mass is 19.1. The fourth-order valence-corrected chi connectivity index (χ4v) is 3.29. The molecule has 2 aromatic heterocycles. The van der Waals surface area contributed by atoms with E-state index in [2.05, 4.69) is 10.4 Å². The Hall–Kier alpha value is -3.87. The van der Waals surface area contributed by atoms with Gasteiger partial charge < -0.3 is 14.5 Å². The minimum Gasteiger partial charge on any atom is -0.485 e. The van der Waals surface area contributed by atoms with Crippen molar-refractivity contribution in [2.75, 3.05) is 5.32 Å². The summed E-state index contributed by atoms with van der Waals surface area (Å²) in [5.74, 6) is 1.14. The molecule has 0 bridgehead atoms. The normalized spacial score (nSPS) is 10.9. The molecule has 4 rings (SSSR count). The van der Waals surface area contributed by atoms with Gasteiger partial charge in [0.1, 0.15) is 23.9 Å². The van der Waals surface area contributed by atoms with Crippen LogP contribution in [0.5, 0.6) is 5.75 Å². The topological polar surface area (TPSA) is 69.3 Å². The van der Waals surface area contributed by atoms with Gasteiger partial charge >= 0.3 is 0 Å². The van der Waals surface area contributed by atoms with Gasteiger partial charge in [0.05, 0.1) is 6.54 Å². The summed E-state index contributed by atoms with van der Waals surface area (Å²) in [6.45, 7) is 6.31. The van der Waals surface area contributed by atoms with Crippen molar-refractivity contribution in [1.29, 1.82) is 0 Å². The monoisotopic (exact) mass is 433 g/mol. The van der Waals surface area contributed by atoms with E-state index < -0.39 is 5.91 Å². The molecule has 0 saturated heterocycles. The lowest BCUT2D eigenvalue weighted by atomic mass is 10.1. The minimum absolute atomic E-state index is 0.158. The van der Waals surface area contributed by atoms with Crippen LogP contribution in [0, 0.1) is 26.6 Å². The van der Waals surface area contributed by atoms with E-state index in [1.54, 1.807) is 41.1 Å². The third kappa shape index (κ3) is 4.88. The van der Waals surface area contributed by atoms with Gasteiger partial charge in [-0.1, -0.05) is 30.3 Å². The number of aryl methyl sites for hydroxylation is 3. The summed E-state index contributed by atoms with van der Waals surface area (Å²) in [5, 5.41) is 7.09. The molecule has 2 heterocycles. The zero-order valence-corrected chi connectivity index (χ0v) is 18.2. The van der Waals surface area contributed by atoms with Crippen molar-refractivity contribution in [3.8, 4) is 5.75 Å². The van der Waals surface area contributed by atoms with Gasteiger partial charge in [-0.25, -0.2) is 4.39 Å². The molecule has 0 aliphatic heterocycles. The number of aromatic nitrogens is 2. The fourth-order valence-electron chi connectivity index (χ4n) is 3.29. The van der Waals surface area contributed by atoms with Crippen LogP contribution in [0.1, 0.15) is 38.7 Å². The Bertz CT molecular complexity index is 1260. The first-order valence-corrected chi connectivity index (χ1v) is 10.3. The highest BCUT2D eigenvalue weighted by molar-refractivity contribution is 6.01. The zero-order chi connectivity index (χ0) is 22.7. The highest BCUT2D eigenvalue weighted by Crippen LogP contribution is 2.21. The summed E-state index contributed by atoms with van der Waals surface area (Å²) in [6.07, 6.45) is 0. The number of hydrogen-bond acceptors (Lipinski definition) is 4. The number of ether oxygens (including phenoxy) is 1.